The van der Waals surface area contributed by atoms with Gasteiger partial charge in [-0.05, 0) is 0 Å². The Morgan fingerprint density at radius 2 is 1.41 bits per heavy atom. The summed E-state index contributed by atoms with van der Waals surface area (Å²) in [5.74, 6) is -0.600. The van der Waals surface area contributed by atoms with Gasteiger partial charge in [0.15, 0.2) is 18.0 Å². The summed E-state index contributed by atoms with van der Waals surface area (Å²) in [5.41, 5.74) is 4.34. The number of likely N-dealkylation sites (N-methyl/N-ethyl adjacent to an activating group) is 1. The van der Waals surface area contributed by atoms with Crippen LogP contribution in [0.2, 0.25) is 0 Å². The third-order valence-electron chi connectivity index (χ3n) is 4.43. The molecule has 2 aromatic carbocycles. The van der Waals surface area contributed by atoms with Crippen LogP contribution in [0.15, 0.2) is 60.7 Å². The molecule has 1 N–H and O–H groups in total. The van der Waals surface area contributed by atoms with Crippen molar-refractivity contribution in [3.63, 3.8) is 0 Å². The second kappa shape index (κ2) is 9.21. The van der Waals surface area contributed by atoms with E-state index in [2.05, 4.69) is 5.43 Å². The van der Waals surface area contributed by atoms with Gasteiger partial charge in [0, 0.05) is 25.2 Å². The van der Waals surface area contributed by atoms with Gasteiger partial charge in [0.2, 0.25) is 0 Å². The fourth-order valence-electron chi connectivity index (χ4n) is 2.81. The van der Waals surface area contributed by atoms with Crippen LogP contribution >= 0.6 is 24.4 Å². The molecule has 0 saturated carbocycles. The summed E-state index contributed by atoms with van der Waals surface area (Å²) in [5, 5.41) is 1.45. The molecule has 29 heavy (non-hydrogen) atoms. The van der Waals surface area contributed by atoms with E-state index in [9.17, 15) is 9.59 Å². The Bertz CT molecular complexity index is 846. The lowest BCUT2D eigenvalue weighted by atomic mass is 10.2. The number of nitrogens with zero attached hydrogens (tertiary/aromatic N) is 2. The summed E-state index contributed by atoms with van der Waals surface area (Å²) in [6.07, 6.45) is -1.59. The standard InChI is InChI=1S/C21H21N3O3S2/c1-23(20(28)14-9-5-3-6-10-14)13-16(25)17-18(27-17)19(26)22-24(2)21(29)15-11-7-4-8-12-15/h3-12,17-18H,13H2,1-2H3,(H,22,26). The zero-order chi connectivity index (χ0) is 21.0. The number of carbonyl (C=O) groups is 2. The van der Waals surface area contributed by atoms with Crippen molar-refractivity contribution in [2.45, 2.75) is 12.2 Å². The first kappa shape index (κ1) is 21.0. The number of hydrogen-bond donors (Lipinski definition) is 1. The molecule has 1 saturated heterocycles. The fourth-order valence-corrected chi connectivity index (χ4v) is 3.19. The van der Waals surface area contributed by atoms with E-state index in [1.807, 2.05) is 60.7 Å². The smallest absolute Gasteiger partial charge is 0.270 e. The van der Waals surface area contributed by atoms with Gasteiger partial charge in [0.1, 0.15) is 9.98 Å². The molecule has 0 bridgehead atoms. The van der Waals surface area contributed by atoms with E-state index in [4.69, 9.17) is 29.2 Å². The number of benzene rings is 2. The number of epoxide rings is 1. The van der Waals surface area contributed by atoms with Gasteiger partial charge in [-0.3, -0.25) is 20.0 Å². The first-order valence-electron chi connectivity index (χ1n) is 9.00. The van der Waals surface area contributed by atoms with Gasteiger partial charge in [-0.1, -0.05) is 85.1 Å². The number of ketones is 1. The summed E-state index contributed by atoms with van der Waals surface area (Å²) >= 11 is 10.8. The van der Waals surface area contributed by atoms with Crippen LogP contribution in [-0.4, -0.2) is 64.4 Å². The highest BCUT2D eigenvalue weighted by atomic mass is 32.1. The molecule has 8 heteroatoms. The topological polar surface area (TPSA) is 65.2 Å². The highest BCUT2D eigenvalue weighted by molar-refractivity contribution is 7.80. The predicted molar refractivity (Wildman–Crippen MR) is 118 cm³/mol. The molecule has 1 heterocycles. The lowest BCUT2D eigenvalue weighted by molar-refractivity contribution is -0.125. The van der Waals surface area contributed by atoms with Crippen LogP contribution in [0.25, 0.3) is 0 Å². The van der Waals surface area contributed by atoms with Crippen molar-refractivity contribution in [1.82, 2.24) is 15.3 Å². The maximum atomic E-state index is 12.5. The molecule has 3 rings (SSSR count). The number of carbonyl (C=O) groups excluding carboxylic acids is 2. The Balaban J connectivity index is 1.49. The molecule has 0 aromatic heterocycles. The monoisotopic (exact) mass is 427 g/mol. The molecule has 1 aliphatic rings. The third-order valence-corrected chi connectivity index (χ3v) is 5.49. The SMILES string of the molecule is CN(CC(=O)C1OC1C(=O)NN(C)C(=S)c1ccccc1)C(=S)c1ccccc1. The predicted octanol–water partition coefficient (Wildman–Crippen LogP) is 1.97. The minimum atomic E-state index is -0.817. The molecular weight excluding hydrogens is 406 g/mol. The van der Waals surface area contributed by atoms with Crippen molar-refractivity contribution < 1.29 is 14.3 Å². The van der Waals surface area contributed by atoms with Gasteiger partial charge in [-0.15, -0.1) is 0 Å². The highest BCUT2D eigenvalue weighted by Crippen LogP contribution is 2.24. The number of ether oxygens (including phenoxy) is 1. The van der Waals surface area contributed by atoms with Crippen molar-refractivity contribution >= 4 is 46.1 Å². The minimum absolute atomic E-state index is 0.0699. The summed E-state index contributed by atoms with van der Waals surface area (Å²) in [7, 11) is 3.40. The van der Waals surface area contributed by atoms with E-state index in [1.165, 1.54) is 5.01 Å². The van der Waals surface area contributed by atoms with Crippen LogP contribution in [0.4, 0.5) is 0 Å². The number of Topliss-reactive ketones (excluding diaryl/α,β-unsaturated/α-hetero) is 1. The largest absolute Gasteiger partial charge is 0.358 e. The first-order chi connectivity index (χ1) is 13.9. The van der Waals surface area contributed by atoms with Crippen LogP contribution in [0.3, 0.4) is 0 Å². The summed E-state index contributed by atoms with van der Waals surface area (Å²) < 4.78 is 5.31. The number of hydrogen-bond acceptors (Lipinski definition) is 5. The normalized spacial score (nSPS) is 17.2. The zero-order valence-corrected chi connectivity index (χ0v) is 17.7. The van der Waals surface area contributed by atoms with E-state index in [-0.39, 0.29) is 12.3 Å². The molecule has 1 fully saturated rings. The Morgan fingerprint density at radius 3 is 1.97 bits per heavy atom. The quantitative estimate of drug-likeness (QED) is 0.430. The van der Waals surface area contributed by atoms with Crippen LogP contribution in [-0.2, 0) is 14.3 Å². The van der Waals surface area contributed by atoms with Crippen molar-refractivity contribution in [2.75, 3.05) is 20.6 Å². The Labute approximate surface area is 180 Å². The molecule has 0 aliphatic carbocycles. The van der Waals surface area contributed by atoms with Gasteiger partial charge in [-0.25, -0.2) is 0 Å². The molecule has 1 aliphatic heterocycles. The second-order valence-corrected chi connectivity index (χ2v) is 7.45. The molecule has 2 aromatic rings. The third kappa shape index (κ3) is 5.23. The lowest BCUT2D eigenvalue weighted by Gasteiger charge is -2.20. The minimum Gasteiger partial charge on any atom is -0.358 e. The van der Waals surface area contributed by atoms with Gasteiger partial charge < -0.3 is 9.64 Å². The average molecular weight is 428 g/mol. The number of amides is 1. The lowest BCUT2D eigenvalue weighted by Crippen LogP contribution is -2.45. The van der Waals surface area contributed by atoms with E-state index in [0.29, 0.717) is 9.98 Å². The van der Waals surface area contributed by atoms with E-state index in [0.717, 1.165) is 11.1 Å². The Morgan fingerprint density at radius 1 is 0.897 bits per heavy atom. The van der Waals surface area contributed by atoms with Gasteiger partial charge in [0.25, 0.3) is 5.91 Å². The Kier molecular flexibility index (Phi) is 6.68. The molecule has 0 radical (unpaired) electrons. The fraction of sp³-hybridized carbons (Fsp3) is 0.238. The number of hydrazine groups is 1. The van der Waals surface area contributed by atoms with Crippen molar-refractivity contribution in [1.29, 1.82) is 0 Å². The van der Waals surface area contributed by atoms with E-state index in [1.54, 1.807) is 19.0 Å². The first-order valence-corrected chi connectivity index (χ1v) is 9.82. The van der Waals surface area contributed by atoms with Crippen molar-refractivity contribution in [3.8, 4) is 0 Å². The van der Waals surface area contributed by atoms with Crippen LogP contribution < -0.4 is 5.43 Å². The Hall–Kier alpha value is -2.68. The molecule has 2 unspecified atom stereocenters. The highest BCUT2D eigenvalue weighted by Gasteiger charge is 2.50. The zero-order valence-electron chi connectivity index (χ0n) is 16.1. The molecule has 150 valence electrons. The van der Waals surface area contributed by atoms with Gasteiger partial charge in [0.05, 0.1) is 6.54 Å². The molecule has 1 amide bonds. The molecule has 2 atom stereocenters. The van der Waals surface area contributed by atoms with Crippen molar-refractivity contribution in [3.05, 3.63) is 71.8 Å². The molecular formula is C21H21N3O3S2. The number of thiocarbonyl (C=S) groups is 2. The maximum Gasteiger partial charge on any atom is 0.270 e. The van der Waals surface area contributed by atoms with E-state index < -0.39 is 18.1 Å². The van der Waals surface area contributed by atoms with Crippen LogP contribution in [0.1, 0.15) is 11.1 Å². The summed E-state index contributed by atoms with van der Waals surface area (Å²) in [6, 6.07) is 18.8. The molecule has 0 spiro atoms. The second-order valence-electron chi connectivity index (χ2n) is 6.68. The van der Waals surface area contributed by atoms with Crippen LogP contribution in [0, 0.1) is 0 Å². The number of nitrogens with one attached hydrogen (secondary N) is 1. The van der Waals surface area contributed by atoms with Crippen molar-refractivity contribution in [2.24, 2.45) is 0 Å². The van der Waals surface area contributed by atoms with E-state index >= 15 is 0 Å². The van der Waals surface area contributed by atoms with Gasteiger partial charge >= 0.3 is 0 Å². The average Bonchev–Trinajstić information content (AvgIpc) is 3.55. The van der Waals surface area contributed by atoms with Crippen LogP contribution in [0.5, 0.6) is 0 Å². The summed E-state index contributed by atoms with van der Waals surface area (Å²) in [6.45, 7) is 0.0699. The van der Waals surface area contributed by atoms with Gasteiger partial charge in [-0.2, -0.15) is 0 Å². The number of rotatable bonds is 6. The molecule has 6 nitrogen and oxygen atoms in total. The summed E-state index contributed by atoms with van der Waals surface area (Å²) in [4.78, 5) is 27.6. The maximum absolute atomic E-state index is 12.5.